The molecule has 0 bridgehead atoms. The molecule has 1 atom stereocenters. The number of ketones is 1. The standard InChI is InChI=1S/C17H10BrNO/c18-16-14-9-12(10-19)6-7-13(14)17(20)15(16)8-11-4-2-1-3-5-11/h1-9,16H/b15-8+. The van der Waals surface area contributed by atoms with Gasteiger partial charge in [-0.1, -0.05) is 46.3 Å². The van der Waals surface area contributed by atoms with Crippen molar-refractivity contribution >= 4 is 27.8 Å². The molecule has 0 aromatic heterocycles. The van der Waals surface area contributed by atoms with Crippen LogP contribution in [-0.4, -0.2) is 5.78 Å². The van der Waals surface area contributed by atoms with E-state index in [0.29, 0.717) is 16.7 Å². The van der Waals surface area contributed by atoms with Crippen molar-refractivity contribution in [3.05, 3.63) is 76.4 Å². The minimum Gasteiger partial charge on any atom is -0.289 e. The van der Waals surface area contributed by atoms with Crippen molar-refractivity contribution in [1.29, 1.82) is 5.26 Å². The summed E-state index contributed by atoms with van der Waals surface area (Å²) in [6.45, 7) is 0. The van der Waals surface area contributed by atoms with Crippen LogP contribution in [0.5, 0.6) is 0 Å². The molecule has 0 fully saturated rings. The van der Waals surface area contributed by atoms with E-state index in [0.717, 1.165) is 11.1 Å². The maximum Gasteiger partial charge on any atom is 0.190 e. The molecule has 0 heterocycles. The van der Waals surface area contributed by atoms with Crippen molar-refractivity contribution in [2.75, 3.05) is 0 Å². The van der Waals surface area contributed by atoms with Gasteiger partial charge in [0.15, 0.2) is 5.78 Å². The van der Waals surface area contributed by atoms with E-state index < -0.39 is 0 Å². The van der Waals surface area contributed by atoms with E-state index in [1.165, 1.54) is 0 Å². The van der Waals surface area contributed by atoms with Crippen molar-refractivity contribution < 1.29 is 4.79 Å². The fourth-order valence-corrected chi connectivity index (χ4v) is 3.07. The van der Waals surface area contributed by atoms with Crippen LogP contribution in [0, 0.1) is 11.3 Å². The highest BCUT2D eigenvalue weighted by Crippen LogP contribution is 2.42. The van der Waals surface area contributed by atoms with E-state index in [1.54, 1.807) is 18.2 Å². The van der Waals surface area contributed by atoms with Crippen LogP contribution >= 0.6 is 15.9 Å². The molecule has 3 heteroatoms. The maximum atomic E-state index is 12.4. The van der Waals surface area contributed by atoms with Gasteiger partial charge in [-0.15, -0.1) is 0 Å². The molecule has 1 aliphatic rings. The molecule has 2 nitrogen and oxygen atoms in total. The second kappa shape index (κ2) is 5.07. The summed E-state index contributed by atoms with van der Waals surface area (Å²) in [5, 5.41) is 8.96. The monoisotopic (exact) mass is 323 g/mol. The van der Waals surface area contributed by atoms with Crippen molar-refractivity contribution in [3.8, 4) is 6.07 Å². The summed E-state index contributed by atoms with van der Waals surface area (Å²) < 4.78 is 0. The minimum atomic E-state index is -0.154. The molecule has 96 valence electrons. The molecule has 0 amide bonds. The van der Waals surface area contributed by atoms with Gasteiger partial charge in [0.05, 0.1) is 16.5 Å². The molecule has 0 spiro atoms. The summed E-state index contributed by atoms with van der Waals surface area (Å²) in [6.07, 6.45) is 1.90. The van der Waals surface area contributed by atoms with Gasteiger partial charge in [-0.2, -0.15) is 5.26 Å². The fraction of sp³-hybridized carbons (Fsp3) is 0.0588. The molecule has 0 saturated carbocycles. The van der Waals surface area contributed by atoms with Crippen molar-refractivity contribution in [2.45, 2.75) is 4.83 Å². The molecule has 0 aliphatic heterocycles. The number of benzene rings is 2. The third-order valence-corrected chi connectivity index (χ3v) is 4.34. The summed E-state index contributed by atoms with van der Waals surface area (Å²) in [5.74, 6) is 0.0233. The van der Waals surface area contributed by atoms with Gasteiger partial charge in [0, 0.05) is 11.1 Å². The first-order valence-electron chi connectivity index (χ1n) is 6.20. The molecule has 2 aromatic carbocycles. The van der Waals surface area contributed by atoms with E-state index in [4.69, 9.17) is 5.26 Å². The number of carbonyl (C=O) groups excluding carboxylic acids is 1. The smallest absolute Gasteiger partial charge is 0.190 e. The Bertz CT molecular complexity index is 756. The number of halogens is 1. The number of hydrogen-bond acceptors (Lipinski definition) is 2. The first-order chi connectivity index (χ1) is 9.70. The Balaban J connectivity index is 2.08. The molecular formula is C17H10BrNO. The zero-order valence-electron chi connectivity index (χ0n) is 10.5. The lowest BCUT2D eigenvalue weighted by molar-refractivity contribution is 0.104. The number of Topliss-reactive ketones (excluding diaryl/α,β-unsaturated/α-hetero) is 1. The normalized spacial score (nSPS) is 18.9. The number of allylic oxidation sites excluding steroid dienone is 1. The Morgan fingerprint density at radius 1 is 1.15 bits per heavy atom. The molecule has 1 aliphatic carbocycles. The lowest BCUT2D eigenvalue weighted by atomic mass is 10.1. The molecule has 3 rings (SSSR count). The SMILES string of the molecule is N#Cc1ccc2c(c1)C(Br)/C(=C\c1ccccc1)C2=O. The number of nitrogens with zero attached hydrogens (tertiary/aromatic N) is 1. The van der Waals surface area contributed by atoms with Crippen LogP contribution in [0.3, 0.4) is 0 Å². The van der Waals surface area contributed by atoms with Gasteiger partial charge in [0.1, 0.15) is 0 Å². The van der Waals surface area contributed by atoms with Crippen molar-refractivity contribution in [2.24, 2.45) is 0 Å². The highest BCUT2D eigenvalue weighted by molar-refractivity contribution is 9.09. The van der Waals surface area contributed by atoms with E-state index >= 15 is 0 Å². The second-order valence-corrected chi connectivity index (χ2v) is 5.53. The predicted molar refractivity (Wildman–Crippen MR) is 81.6 cm³/mol. The minimum absolute atomic E-state index is 0.0233. The number of fused-ring (bicyclic) bond motifs is 1. The van der Waals surface area contributed by atoms with E-state index in [-0.39, 0.29) is 10.6 Å². The first-order valence-corrected chi connectivity index (χ1v) is 7.12. The zero-order valence-corrected chi connectivity index (χ0v) is 12.1. The molecule has 0 saturated heterocycles. The number of alkyl halides is 1. The zero-order chi connectivity index (χ0) is 14.1. The van der Waals surface area contributed by atoms with Crippen molar-refractivity contribution in [1.82, 2.24) is 0 Å². The van der Waals surface area contributed by atoms with Crippen molar-refractivity contribution in [3.63, 3.8) is 0 Å². The van der Waals surface area contributed by atoms with Gasteiger partial charge in [0.25, 0.3) is 0 Å². The summed E-state index contributed by atoms with van der Waals surface area (Å²) in [5.41, 5.74) is 3.82. The number of carbonyl (C=O) groups is 1. The van der Waals surface area contributed by atoms with E-state index in [2.05, 4.69) is 22.0 Å². The molecule has 2 aromatic rings. The number of rotatable bonds is 1. The summed E-state index contributed by atoms with van der Waals surface area (Å²) >= 11 is 3.57. The van der Waals surface area contributed by atoms with Crippen LogP contribution in [-0.2, 0) is 0 Å². The Morgan fingerprint density at radius 2 is 1.90 bits per heavy atom. The molecule has 20 heavy (non-hydrogen) atoms. The van der Waals surface area contributed by atoms with Crippen LogP contribution in [0.1, 0.15) is 31.9 Å². The van der Waals surface area contributed by atoms with Crippen LogP contribution in [0.25, 0.3) is 6.08 Å². The quantitative estimate of drug-likeness (QED) is 0.580. The van der Waals surface area contributed by atoms with Gasteiger partial charge >= 0.3 is 0 Å². The Morgan fingerprint density at radius 3 is 2.60 bits per heavy atom. The average Bonchev–Trinajstić information content (AvgIpc) is 2.73. The van der Waals surface area contributed by atoms with Gasteiger partial charge in [-0.25, -0.2) is 0 Å². The first kappa shape index (κ1) is 12.8. The third kappa shape index (κ3) is 2.09. The Hall–Kier alpha value is -2.18. The third-order valence-electron chi connectivity index (χ3n) is 3.36. The lowest BCUT2D eigenvalue weighted by Crippen LogP contribution is -1.95. The fourth-order valence-electron chi connectivity index (χ4n) is 2.35. The predicted octanol–water partition coefficient (Wildman–Crippen LogP) is 4.27. The average molecular weight is 324 g/mol. The second-order valence-electron chi connectivity index (χ2n) is 4.62. The van der Waals surface area contributed by atoms with Gasteiger partial charge in [-0.05, 0) is 35.4 Å². The largest absolute Gasteiger partial charge is 0.289 e. The maximum absolute atomic E-state index is 12.4. The Kier molecular flexibility index (Phi) is 3.25. The van der Waals surface area contributed by atoms with E-state index in [1.807, 2.05) is 36.4 Å². The highest BCUT2D eigenvalue weighted by atomic mass is 79.9. The summed E-state index contributed by atoms with van der Waals surface area (Å²) in [7, 11) is 0. The van der Waals surface area contributed by atoms with Crippen LogP contribution in [0.15, 0.2) is 54.1 Å². The number of nitriles is 1. The molecule has 0 radical (unpaired) electrons. The molecule has 1 unspecified atom stereocenters. The lowest BCUT2D eigenvalue weighted by Gasteiger charge is -2.03. The summed E-state index contributed by atoms with van der Waals surface area (Å²) in [6, 6.07) is 17.0. The highest BCUT2D eigenvalue weighted by Gasteiger charge is 2.32. The topological polar surface area (TPSA) is 40.9 Å². The molecular weight excluding hydrogens is 314 g/mol. The van der Waals surface area contributed by atoms with Gasteiger partial charge < -0.3 is 0 Å². The Labute approximate surface area is 125 Å². The van der Waals surface area contributed by atoms with Crippen LogP contribution in [0.2, 0.25) is 0 Å². The number of hydrogen-bond donors (Lipinski definition) is 0. The van der Waals surface area contributed by atoms with Gasteiger partial charge in [-0.3, -0.25) is 4.79 Å². The van der Waals surface area contributed by atoms with Crippen LogP contribution < -0.4 is 0 Å². The van der Waals surface area contributed by atoms with Crippen LogP contribution in [0.4, 0.5) is 0 Å². The summed E-state index contributed by atoms with van der Waals surface area (Å²) in [4.78, 5) is 12.3. The van der Waals surface area contributed by atoms with Gasteiger partial charge in [0.2, 0.25) is 0 Å². The van der Waals surface area contributed by atoms with E-state index in [9.17, 15) is 4.79 Å². The molecule has 0 N–H and O–H groups in total.